The predicted octanol–water partition coefficient (Wildman–Crippen LogP) is 1.60. The minimum absolute atomic E-state index is 1.03. The van der Waals surface area contributed by atoms with E-state index in [9.17, 15) is 0 Å². The van der Waals surface area contributed by atoms with E-state index in [4.69, 9.17) is 0 Å². The van der Waals surface area contributed by atoms with Crippen LogP contribution >= 0.6 is 0 Å². The summed E-state index contributed by atoms with van der Waals surface area (Å²) in [7, 11) is 0. The van der Waals surface area contributed by atoms with Crippen LogP contribution < -0.4 is 5.32 Å². The maximum absolute atomic E-state index is 4.28. The van der Waals surface area contributed by atoms with Crippen molar-refractivity contribution in [1.82, 2.24) is 9.97 Å². The SMILES string of the molecule is c1ncc2ccc3c(c2n1)NCC3. The first-order valence-corrected chi connectivity index (χ1v) is 4.40. The van der Waals surface area contributed by atoms with Gasteiger partial charge in [0, 0.05) is 18.1 Å². The molecule has 64 valence electrons. The molecule has 0 fully saturated rings. The summed E-state index contributed by atoms with van der Waals surface area (Å²) in [6, 6.07) is 4.24. The van der Waals surface area contributed by atoms with Gasteiger partial charge in [0.05, 0.1) is 11.2 Å². The Kier molecular flexibility index (Phi) is 1.27. The van der Waals surface area contributed by atoms with Crippen molar-refractivity contribution in [2.75, 3.05) is 11.9 Å². The molecule has 3 rings (SSSR count). The standard InChI is InChI=1S/C10H9N3/c1-2-8-5-11-6-13-10(8)9-7(1)3-4-12-9/h1-2,5-6,12H,3-4H2. The van der Waals surface area contributed by atoms with Crippen molar-refractivity contribution in [1.29, 1.82) is 0 Å². The third-order valence-electron chi connectivity index (χ3n) is 2.46. The number of hydrogen-bond acceptors (Lipinski definition) is 3. The van der Waals surface area contributed by atoms with E-state index in [0.717, 1.165) is 23.9 Å². The molecule has 1 aliphatic rings. The third kappa shape index (κ3) is 0.900. The molecule has 0 atom stereocenters. The summed E-state index contributed by atoms with van der Waals surface area (Å²) >= 11 is 0. The number of rotatable bonds is 0. The maximum Gasteiger partial charge on any atom is 0.116 e. The van der Waals surface area contributed by atoms with E-state index in [1.165, 1.54) is 11.3 Å². The van der Waals surface area contributed by atoms with Gasteiger partial charge in [0.25, 0.3) is 0 Å². The molecule has 1 aromatic heterocycles. The molecule has 0 unspecified atom stereocenters. The average molecular weight is 171 g/mol. The first-order chi connectivity index (χ1) is 6.45. The van der Waals surface area contributed by atoms with Gasteiger partial charge >= 0.3 is 0 Å². The van der Waals surface area contributed by atoms with Crippen molar-refractivity contribution in [2.45, 2.75) is 6.42 Å². The third-order valence-corrected chi connectivity index (χ3v) is 2.46. The van der Waals surface area contributed by atoms with Crippen molar-refractivity contribution in [3.63, 3.8) is 0 Å². The molecule has 0 spiro atoms. The second kappa shape index (κ2) is 2.42. The predicted molar refractivity (Wildman–Crippen MR) is 51.7 cm³/mol. The van der Waals surface area contributed by atoms with E-state index >= 15 is 0 Å². The molecule has 2 heterocycles. The fourth-order valence-electron chi connectivity index (χ4n) is 1.82. The highest BCUT2D eigenvalue weighted by Crippen LogP contribution is 2.28. The van der Waals surface area contributed by atoms with Crippen LogP contribution in [0.2, 0.25) is 0 Å². The molecule has 0 aliphatic carbocycles. The van der Waals surface area contributed by atoms with Gasteiger partial charge in [-0.15, -0.1) is 0 Å². The monoisotopic (exact) mass is 171 g/mol. The molecule has 0 radical (unpaired) electrons. The van der Waals surface area contributed by atoms with Crippen LogP contribution in [0.25, 0.3) is 10.9 Å². The van der Waals surface area contributed by atoms with Gasteiger partial charge in [-0.1, -0.05) is 12.1 Å². The van der Waals surface area contributed by atoms with Gasteiger partial charge in [-0.2, -0.15) is 0 Å². The van der Waals surface area contributed by atoms with Gasteiger partial charge in [0.2, 0.25) is 0 Å². The molecule has 1 N–H and O–H groups in total. The van der Waals surface area contributed by atoms with E-state index in [2.05, 4.69) is 27.4 Å². The first kappa shape index (κ1) is 6.83. The van der Waals surface area contributed by atoms with Crippen molar-refractivity contribution < 1.29 is 0 Å². The Bertz CT molecular complexity index is 465. The first-order valence-electron chi connectivity index (χ1n) is 4.40. The summed E-state index contributed by atoms with van der Waals surface area (Å²) < 4.78 is 0. The van der Waals surface area contributed by atoms with Crippen molar-refractivity contribution >= 4 is 16.6 Å². The van der Waals surface area contributed by atoms with Crippen molar-refractivity contribution in [2.24, 2.45) is 0 Å². The smallest absolute Gasteiger partial charge is 0.116 e. The highest BCUT2D eigenvalue weighted by atomic mass is 14.9. The quantitative estimate of drug-likeness (QED) is 0.654. The fourth-order valence-corrected chi connectivity index (χ4v) is 1.82. The number of nitrogens with zero attached hydrogens (tertiary/aromatic N) is 2. The largest absolute Gasteiger partial charge is 0.383 e. The zero-order chi connectivity index (χ0) is 8.67. The van der Waals surface area contributed by atoms with Crippen molar-refractivity contribution in [3.05, 3.63) is 30.2 Å². The normalized spacial score (nSPS) is 14.2. The Morgan fingerprint density at radius 3 is 3.31 bits per heavy atom. The lowest BCUT2D eigenvalue weighted by molar-refractivity contribution is 1.11. The van der Waals surface area contributed by atoms with Crippen LogP contribution in [0.1, 0.15) is 5.56 Å². The van der Waals surface area contributed by atoms with Gasteiger partial charge in [0.15, 0.2) is 0 Å². The average Bonchev–Trinajstić information content (AvgIpc) is 2.65. The summed E-state index contributed by atoms with van der Waals surface area (Å²) in [5, 5.41) is 4.46. The number of benzene rings is 1. The number of hydrogen-bond donors (Lipinski definition) is 1. The van der Waals surface area contributed by atoms with Gasteiger partial charge in [-0.25, -0.2) is 9.97 Å². The van der Waals surface area contributed by atoms with Gasteiger partial charge < -0.3 is 5.32 Å². The number of fused-ring (bicyclic) bond motifs is 3. The molecule has 0 bridgehead atoms. The lowest BCUT2D eigenvalue weighted by atomic mass is 10.1. The molecule has 1 aromatic carbocycles. The Balaban J connectivity index is 2.43. The number of nitrogens with one attached hydrogen (secondary N) is 1. The number of anilines is 1. The van der Waals surface area contributed by atoms with E-state index in [0.29, 0.717) is 0 Å². The van der Waals surface area contributed by atoms with Crippen LogP contribution in [0.5, 0.6) is 0 Å². The van der Waals surface area contributed by atoms with Crippen LogP contribution in [-0.2, 0) is 6.42 Å². The summed E-state index contributed by atoms with van der Waals surface area (Å²) in [5.74, 6) is 0. The molecule has 2 aromatic rings. The zero-order valence-corrected chi connectivity index (χ0v) is 7.12. The minimum atomic E-state index is 1.03. The lowest BCUT2D eigenvalue weighted by Gasteiger charge is -2.02. The molecule has 3 nitrogen and oxygen atoms in total. The Morgan fingerprint density at radius 1 is 1.31 bits per heavy atom. The second-order valence-corrected chi connectivity index (χ2v) is 3.24. The van der Waals surface area contributed by atoms with Crippen molar-refractivity contribution in [3.8, 4) is 0 Å². The molecule has 0 amide bonds. The maximum atomic E-state index is 4.28. The Hall–Kier alpha value is -1.64. The summed E-state index contributed by atoms with van der Waals surface area (Å²) in [6.07, 6.45) is 4.56. The van der Waals surface area contributed by atoms with E-state index in [-0.39, 0.29) is 0 Å². The van der Waals surface area contributed by atoms with Crippen LogP contribution in [0.4, 0.5) is 5.69 Å². The van der Waals surface area contributed by atoms with Crippen LogP contribution in [0.3, 0.4) is 0 Å². The highest BCUT2D eigenvalue weighted by Gasteiger charge is 2.13. The number of aromatic nitrogens is 2. The minimum Gasteiger partial charge on any atom is -0.383 e. The zero-order valence-electron chi connectivity index (χ0n) is 7.12. The molecule has 0 saturated carbocycles. The van der Waals surface area contributed by atoms with Crippen LogP contribution in [0, 0.1) is 0 Å². The van der Waals surface area contributed by atoms with Gasteiger partial charge in [-0.3, -0.25) is 0 Å². The topological polar surface area (TPSA) is 37.8 Å². The van der Waals surface area contributed by atoms with E-state index in [1.54, 1.807) is 6.33 Å². The summed E-state index contributed by atoms with van der Waals surface area (Å²) in [6.45, 7) is 1.03. The van der Waals surface area contributed by atoms with Crippen LogP contribution in [-0.4, -0.2) is 16.5 Å². The Morgan fingerprint density at radius 2 is 2.31 bits per heavy atom. The lowest BCUT2D eigenvalue weighted by Crippen LogP contribution is -1.93. The van der Waals surface area contributed by atoms with E-state index < -0.39 is 0 Å². The van der Waals surface area contributed by atoms with Gasteiger partial charge in [-0.05, 0) is 12.0 Å². The molecule has 13 heavy (non-hydrogen) atoms. The highest BCUT2D eigenvalue weighted by molar-refractivity contribution is 5.92. The molecule has 3 heteroatoms. The molecular weight excluding hydrogens is 162 g/mol. The second-order valence-electron chi connectivity index (χ2n) is 3.24. The van der Waals surface area contributed by atoms with E-state index in [1.807, 2.05) is 6.20 Å². The van der Waals surface area contributed by atoms with Gasteiger partial charge in [0.1, 0.15) is 6.33 Å². The molecule has 1 aliphatic heterocycles. The Labute approximate surface area is 75.8 Å². The fraction of sp³-hybridized carbons (Fsp3) is 0.200. The van der Waals surface area contributed by atoms with Crippen LogP contribution in [0.15, 0.2) is 24.7 Å². The molecule has 0 saturated heterocycles. The summed E-state index contributed by atoms with van der Waals surface area (Å²) in [4.78, 5) is 8.28. The summed E-state index contributed by atoms with van der Waals surface area (Å²) in [5.41, 5.74) is 3.61. The molecular formula is C10H9N3.